The zero-order valence-corrected chi connectivity index (χ0v) is 13.2. The Morgan fingerprint density at radius 2 is 1.71 bits per heavy atom. The van der Waals surface area contributed by atoms with Crippen LogP contribution >= 0.6 is 0 Å². The van der Waals surface area contributed by atoms with Crippen molar-refractivity contribution in [1.82, 2.24) is 4.98 Å². The van der Waals surface area contributed by atoms with Gasteiger partial charge in [0, 0.05) is 29.0 Å². The normalized spacial score (nSPS) is 12.1. The van der Waals surface area contributed by atoms with Gasteiger partial charge in [-0.05, 0) is 43.3 Å². The lowest BCUT2D eigenvalue weighted by Gasteiger charge is -2.15. The van der Waals surface area contributed by atoms with Crippen LogP contribution in [-0.4, -0.2) is 4.98 Å². The van der Waals surface area contributed by atoms with Crippen molar-refractivity contribution in [3.05, 3.63) is 65.2 Å². The molecule has 0 aliphatic heterocycles. The van der Waals surface area contributed by atoms with Gasteiger partial charge in [-0.2, -0.15) is 0 Å². The summed E-state index contributed by atoms with van der Waals surface area (Å²) in [7, 11) is 0. The summed E-state index contributed by atoms with van der Waals surface area (Å²) >= 11 is 0. The number of rotatable bonds is 3. The molecule has 0 radical (unpaired) electrons. The van der Waals surface area contributed by atoms with E-state index < -0.39 is 23.5 Å². The Morgan fingerprint density at radius 3 is 2.38 bits per heavy atom. The van der Waals surface area contributed by atoms with Crippen LogP contribution in [0.4, 0.5) is 17.6 Å². The number of aryl methyl sites for hydroxylation is 1. The molecule has 0 atom stereocenters. The van der Waals surface area contributed by atoms with Crippen LogP contribution in [0.25, 0.3) is 22.2 Å². The predicted molar refractivity (Wildman–Crippen MR) is 86.4 cm³/mol. The van der Waals surface area contributed by atoms with Crippen molar-refractivity contribution in [1.29, 1.82) is 0 Å². The van der Waals surface area contributed by atoms with Crippen molar-refractivity contribution in [3.63, 3.8) is 0 Å². The number of aromatic nitrogens is 1. The number of hydrogen-bond donors (Lipinski definition) is 0. The van der Waals surface area contributed by atoms with Gasteiger partial charge < -0.3 is 0 Å². The fourth-order valence-electron chi connectivity index (χ4n) is 2.58. The number of pyridine rings is 1. The third-order valence-electron chi connectivity index (χ3n) is 3.85. The molecular formula is C19H15F4N. The van der Waals surface area contributed by atoms with Crippen LogP contribution in [0.3, 0.4) is 0 Å². The van der Waals surface area contributed by atoms with E-state index in [2.05, 4.69) is 4.98 Å². The van der Waals surface area contributed by atoms with Crippen LogP contribution in [0.1, 0.15) is 30.0 Å². The van der Waals surface area contributed by atoms with E-state index in [-0.39, 0.29) is 5.56 Å². The van der Waals surface area contributed by atoms with Crippen molar-refractivity contribution in [2.45, 2.75) is 26.2 Å². The molecule has 0 aliphatic carbocycles. The number of halogens is 4. The fraction of sp³-hybridized carbons (Fsp3) is 0.211. The molecule has 0 saturated heterocycles. The molecule has 2 aromatic carbocycles. The highest BCUT2D eigenvalue weighted by molar-refractivity contribution is 5.82. The monoisotopic (exact) mass is 333 g/mol. The van der Waals surface area contributed by atoms with E-state index in [0.717, 1.165) is 17.0 Å². The standard InChI is InChI=1S/C19H15F4N/c1-11-3-5-16-12(7-11)4-6-17(24-16)13-8-14(18(20)21)10-15(9-13)19(2,22)23/h3-10,18H,1-2H3. The van der Waals surface area contributed by atoms with Gasteiger partial charge in [0.25, 0.3) is 12.3 Å². The third-order valence-corrected chi connectivity index (χ3v) is 3.85. The highest BCUT2D eigenvalue weighted by atomic mass is 19.3. The maximum absolute atomic E-state index is 13.6. The van der Waals surface area contributed by atoms with Gasteiger partial charge in [-0.25, -0.2) is 22.5 Å². The minimum atomic E-state index is -3.20. The summed E-state index contributed by atoms with van der Waals surface area (Å²) in [5.74, 6) is -3.20. The van der Waals surface area contributed by atoms with Gasteiger partial charge in [0.2, 0.25) is 0 Å². The van der Waals surface area contributed by atoms with Crippen molar-refractivity contribution < 1.29 is 17.6 Å². The van der Waals surface area contributed by atoms with Crippen LogP contribution in [0, 0.1) is 6.92 Å². The van der Waals surface area contributed by atoms with E-state index in [1.807, 2.05) is 31.2 Å². The first-order chi connectivity index (χ1) is 11.2. The average molecular weight is 333 g/mol. The van der Waals surface area contributed by atoms with Crippen LogP contribution in [-0.2, 0) is 5.92 Å². The Balaban J connectivity index is 2.17. The van der Waals surface area contributed by atoms with Gasteiger partial charge >= 0.3 is 0 Å². The van der Waals surface area contributed by atoms with Crippen LogP contribution in [0.2, 0.25) is 0 Å². The number of alkyl halides is 4. The van der Waals surface area contributed by atoms with Crippen LogP contribution in [0.15, 0.2) is 48.5 Å². The second kappa shape index (κ2) is 5.89. The van der Waals surface area contributed by atoms with Crippen molar-refractivity contribution in [3.8, 4) is 11.3 Å². The molecule has 0 amide bonds. The molecule has 0 N–H and O–H groups in total. The summed E-state index contributed by atoms with van der Waals surface area (Å²) in [6.45, 7) is 2.65. The molecule has 3 aromatic rings. The highest BCUT2D eigenvalue weighted by Gasteiger charge is 2.26. The summed E-state index contributed by atoms with van der Waals surface area (Å²) in [6.07, 6.45) is -2.82. The summed E-state index contributed by atoms with van der Waals surface area (Å²) in [5, 5.41) is 0.907. The maximum atomic E-state index is 13.6. The molecular weight excluding hydrogens is 318 g/mol. The Kier molecular flexibility index (Phi) is 4.03. The zero-order chi connectivity index (χ0) is 17.5. The summed E-state index contributed by atoms with van der Waals surface area (Å²) in [6, 6.07) is 12.4. The van der Waals surface area contributed by atoms with Gasteiger partial charge in [0.15, 0.2) is 0 Å². The highest BCUT2D eigenvalue weighted by Crippen LogP contribution is 2.34. The molecule has 0 spiro atoms. The summed E-state index contributed by atoms with van der Waals surface area (Å²) in [5.41, 5.74) is 1.53. The number of fused-ring (bicyclic) bond motifs is 1. The van der Waals surface area contributed by atoms with Crippen molar-refractivity contribution in [2.24, 2.45) is 0 Å². The second-order valence-electron chi connectivity index (χ2n) is 5.93. The zero-order valence-electron chi connectivity index (χ0n) is 13.2. The molecule has 1 nitrogen and oxygen atoms in total. The Morgan fingerprint density at radius 1 is 0.958 bits per heavy atom. The van der Waals surface area contributed by atoms with Crippen LogP contribution < -0.4 is 0 Å². The second-order valence-corrected chi connectivity index (χ2v) is 5.93. The number of benzene rings is 2. The minimum Gasteiger partial charge on any atom is -0.248 e. The molecule has 0 bridgehead atoms. The smallest absolute Gasteiger partial charge is 0.248 e. The largest absolute Gasteiger partial charge is 0.270 e. The van der Waals surface area contributed by atoms with E-state index in [4.69, 9.17) is 0 Å². The molecule has 0 aliphatic rings. The van der Waals surface area contributed by atoms with Gasteiger partial charge in [-0.3, -0.25) is 0 Å². The van der Waals surface area contributed by atoms with E-state index >= 15 is 0 Å². The Hall–Kier alpha value is -2.43. The molecule has 124 valence electrons. The molecule has 1 heterocycles. The molecule has 0 unspecified atom stereocenters. The topological polar surface area (TPSA) is 12.9 Å². The molecule has 24 heavy (non-hydrogen) atoms. The lowest BCUT2D eigenvalue weighted by Crippen LogP contribution is -2.08. The van der Waals surface area contributed by atoms with Gasteiger partial charge in [-0.1, -0.05) is 17.7 Å². The fourth-order valence-corrected chi connectivity index (χ4v) is 2.58. The van der Waals surface area contributed by atoms with Crippen molar-refractivity contribution in [2.75, 3.05) is 0 Å². The summed E-state index contributed by atoms with van der Waals surface area (Å²) < 4.78 is 53.4. The van der Waals surface area contributed by atoms with E-state index in [0.29, 0.717) is 18.1 Å². The van der Waals surface area contributed by atoms with Gasteiger partial charge in [0.1, 0.15) is 0 Å². The average Bonchev–Trinajstić information content (AvgIpc) is 2.53. The number of hydrogen-bond acceptors (Lipinski definition) is 1. The van der Waals surface area contributed by atoms with E-state index in [1.165, 1.54) is 12.1 Å². The first kappa shape index (κ1) is 16.4. The Bertz CT molecular complexity index is 897. The van der Waals surface area contributed by atoms with Crippen LogP contribution in [0.5, 0.6) is 0 Å². The molecule has 0 saturated carbocycles. The Labute approximate surface area is 137 Å². The minimum absolute atomic E-state index is 0.256. The predicted octanol–water partition coefficient (Wildman–Crippen LogP) is 6.26. The van der Waals surface area contributed by atoms with E-state index in [9.17, 15) is 17.6 Å². The lowest BCUT2D eigenvalue weighted by molar-refractivity contribution is 0.0172. The first-order valence-electron chi connectivity index (χ1n) is 7.43. The maximum Gasteiger partial charge on any atom is 0.270 e. The van der Waals surface area contributed by atoms with Gasteiger partial charge in [-0.15, -0.1) is 0 Å². The molecule has 1 aromatic heterocycles. The molecule has 3 rings (SSSR count). The molecule has 0 fully saturated rings. The van der Waals surface area contributed by atoms with Crippen molar-refractivity contribution >= 4 is 10.9 Å². The molecule has 5 heteroatoms. The lowest BCUT2D eigenvalue weighted by atomic mass is 9.99. The number of nitrogens with zero attached hydrogens (tertiary/aromatic N) is 1. The van der Waals surface area contributed by atoms with E-state index in [1.54, 1.807) is 6.07 Å². The van der Waals surface area contributed by atoms with Gasteiger partial charge in [0.05, 0.1) is 11.2 Å². The SMILES string of the molecule is Cc1ccc2nc(-c3cc(C(F)F)cc(C(C)(F)F)c3)ccc2c1. The quantitative estimate of drug-likeness (QED) is 0.516. The first-order valence-corrected chi connectivity index (χ1v) is 7.43. The summed E-state index contributed by atoms with van der Waals surface area (Å²) in [4.78, 5) is 4.42. The third kappa shape index (κ3) is 3.25.